The number of nitrogens with one attached hydrogen (secondary N) is 1. The Morgan fingerprint density at radius 3 is 2.73 bits per heavy atom. The zero-order valence-electron chi connectivity index (χ0n) is 15.3. The Morgan fingerprint density at radius 2 is 2.08 bits per heavy atom. The average Bonchev–Trinajstić information content (AvgIpc) is 2.67. The summed E-state index contributed by atoms with van der Waals surface area (Å²) in [6.45, 7) is 3.80. The molecule has 0 saturated carbocycles. The lowest BCUT2D eigenvalue weighted by atomic mass is 10.0. The summed E-state index contributed by atoms with van der Waals surface area (Å²) in [5.74, 6) is -0.253. The quantitative estimate of drug-likeness (QED) is 0.899. The zero-order chi connectivity index (χ0) is 18.7. The monoisotopic (exact) mass is 353 g/mol. The smallest absolute Gasteiger partial charge is 0.271 e. The van der Waals surface area contributed by atoms with Gasteiger partial charge in [-0.2, -0.15) is 0 Å². The first kappa shape index (κ1) is 18.0. The number of carbonyl (C=O) groups is 2. The molecule has 0 spiro atoms. The van der Waals surface area contributed by atoms with Gasteiger partial charge in [0.2, 0.25) is 0 Å². The molecule has 3 heterocycles. The minimum Gasteiger partial charge on any atom is -0.343 e. The summed E-state index contributed by atoms with van der Waals surface area (Å²) in [5.41, 5.74) is 2.42. The van der Waals surface area contributed by atoms with E-state index >= 15 is 0 Å². The molecule has 26 heavy (non-hydrogen) atoms. The van der Waals surface area contributed by atoms with Gasteiger partial charge in [-0.1, -0.05) is 6.07 Å². The highest BCUT2D eigenvalue weighted by atomic mass is 16.2. The molecule has 1 fully saturated rings. The van der Waals surface area contributed by atoms with Crippen molar-refractivity contribution in [3.8, 4) is 0 Å². The predicted octanol–water partition coefficient (Wildman–Crippen LogP) is 1.27. The topological polar surface area (TPSA) is 78.4 Å². The van der Waals surface area contributed by atoms with E-state index < -0.39 is 0 Å². The molecular formula is C19H23N5O2. The van der Waals surface area contributed by atoms with Crippen LogP contribution in [0, 0.1) is 6.92 Å². The number of amides is 2. The Labute approximate surface area is 153 Å². The molecule has 1 unspecified atom stereocenters. The van der Waals surface area contributed by atoms with Crippen LogP contribution in [0.3, 0.4) is 0 Å². The van der Waals surface area contributed by atoms with Crippen LogP contribution in [-0.4, -0.2) is 65.3 Å². The lowest BCUT2D eigenvalue weighted by Crippen LogP contribution is -2.48. The van der Waals surface area contributed by atoms with Gasteiger partial charge in [0, 0.05) is 46.1 Å². The molecule has 0 aromatic carbocycles. The van der Waals surface area contributed by atoms with Gasteiger partial charge in [-0.15, -0.1) is 0 Å². The van der Waals surface area contributed by atoms with Crippen molar-refractivity contribution in [2.24, 2.45) is 0 Å². The van der Waals surface area contributed by atoms with Crippen molar-refractivity contribution in [3.63, 3.8) is 0 Å². The molecule has 2 aromatic rings. The zero-order valence-corrected chi connectivity index (χ0v) is 15.3. The SMILES string of the molecule is Cc1nc(C(=O)N(C)C)ccc1C(=O)N1CCNCC1c1cccnc1. The fourth-order valence-electron chi connectivity index (χ4n) is 3.11. The van der Waals surface area contributed by atoms with E-state index in [4.69, 9.17) is 0 Å². The van der Waals surface area contributed by atoms with Crippen LogP contribution >= 0.6 is 0 Å². The first-order valence-corrected chi connectivity index (χ1v) is 8.60. The number of aryl methyl sites for hydroxylation is 1. The van der Waals surface area contributed by atoms with Crippen LogP contribution in [0.25, 0.3) is 0 Å². The normalized spacial score (nSPS) is 17.0. The van der Waals surface area contributed by atoms with E-state index in [1.54, 1.807) is 45.5 Å². The van der Waals surface area contributed by atoms with Crippen molar-refractivity contribution in [1.82, 2.24) is 25.1 Å². The number of rotatable bonds is 3. The van der Waals surface area contributed by atoms with Crippen LogP contribution in [0.4, 0.5) is 0 Å². The molecule has 0 aliphatic carbocycles. The van der Waals surface area contributed by atoms with Gasteiger partial charge in [0.25, 0.3) is 11.8 Å². The first-order chi connectivity index (χ1) is 12.5. The van der Waals surface area contributed by atoms with E-state index in [-0.39, 0.29) is 17.9 Å². The first-order valence-electron chi connectivity index (χ1n) is 8.60. The molecule has 1 N–H and O–H groups in total. The molecular weight excluding hydrogens is 330 g/mol. The van der Waals surface area contributed by atoms with Crippen molar-refractivity contribution in [3.05, 3.63) is 59.2 Å². The Balaban J connectivity index is 1.88. The van der Waals surface area contributed by atoms with Gasteiger partial charge in [-0.3, -0.25) is 14.6 Å². The molecule has 3 rings (SSSR count). The highest BCUT2D eigenvalue weighted by molar-refractivity contribution is 5.97. The van der Waals surface area contributed by atoms with Gasteiger partial charge in [-0.25, -0.2) is 4.98 Å². The van der Waals surface area contributed by atoms with Crippen molar-refractivity contribution in [1.29, 1.82) is 0 Å². The minimum absolute atomic E-state index is 0.0748. The molecule has 1 aliphatic heterocycles. The van der Waals surface area contributed by atoms with Crippen LogP contribution in [0.1, 0.15) is 38.1 Å². The van der Waals surface area contributed by atoms with E-state index in [2.05, 4.69) is 15.3 Å². The van der Waals surface area contributed by atoms with Crippen LogP contribution < -0.4 is 5.32 Å². The molecule has 7 nitrogen and oxygen atoms in total. The maximum Gasteiger partial charge on any atom is 0.271 e. The number of piperazine rings is 1. The van der Waals surface area contributed by atoms with E-state index in [9.17, 15) is 9.59 Å². The van der Waals surface area contributed by atoms with E-state index in [1.165, 1.54) is 4.90 Å². The third kappa shape index (κ3) is 3.57. The fourth-order valence-corrected chi connectivity index (χ4v) is 3.11. The minimum atomic E-state index is -0.178. The van der Waals surface area contributed by atoms with Gasteiger partial charge in [0.15, 0.2) is 0 Å². The summed E-state index contributed by atoms with van der Waals surface area (Å²) in [7, 11) is 3.36. The third-order valence-electron chi connectivity index (χ3n) is 4.51. The highest BCUT2D eigenvalue weighted by Crippen LogP contribution is 2.24. The van der Waals surface area contributed by atoms with Gasteiger partial charge in [0.05, 0.1) is 17.3 Å². The average molecular weight is 353 g/mol. The summed E-state index contributed by atoms with van der Waals surface area (Å²) < 4.78 is 0. The molecule has 136 valence electrons. The second kappa shape index (κ2) is 7.61. The number of carbonyl (C=O) groups excluding carboxylic acids is 2. The Morgan fingerprint density at radius 1 is 1.27 bits per heavy atom. The predicted molar refractivity (Wildman–Crippen MR) is 97.9 cm³/mol. The Hall–Kier alpha value is -2.80. The van der Waals surface area contributed by atoms with Gasteiger partial charge in [0.1, 0.15) is 5.69 Å². The van der Waals surface area contributed by atoms with Crippen molar-refractivity contribution in [2.45, 2.75) is 13.0 Å². The molecule has 1 aliphatic rings. The Bertz CT molecular complexity index is 807. The molecule has 0 radical (unpaired) electrons. The van der Waals surface area contributed by atoms with Gasteiger partial charge in [-0.05, 0) is 30.7 Å². The molecule has 2 amide bonds. The number of hydrogen-bond donors (Lipinski definition) is 1. The summed E-state index contributed by atoms with van der Waals surface area (Å²) in [4.78, 5) is 37.1. The number of hydrogen-bond acceptors (Lipinski definition) is 5. The van der Waals surface area contributed by atoms with Gasteiger partial charge >= 0.3 is 0 Å². The van der Waals surface area contributed by atoms with E-state index in [0.29, 0.717) is 30.0 Å². The molecule has 2 aromatic heterocycles. The third-order valence-corrected chi connectivity index (χ3v) is 4.51. The summed E-state index contributed by atoms with van der Waals surface area (Å²) in [5, 5.41) is 3.33. The lowest BCUT2D eigenvalue weighted by Gasteiger charge is -2.36. The van der Waals surface area contributed by atoms with Crippen molar-refractivity contribution < 1.29 is 9.59 Å². The number of pyridine rings is 2. The van der Waals surface area contributed by atoms with Crippen LogP contribution in [0.15, 0.2) is 36.7 Å². The number of nitrogens with zero attached hydrogens (tertiary/aromatic N) is 4. The maximum absolute atomic E-state index is 13.2. The number of aromatic nitrogens is 2. The summed E-state index contributed by atoms with van der Waals surface area (Å²) >= 11 is 0. The molecule has 7 heteroatoms. The maximum atomic E-state index is 13.2. The fraction of sp³-hybridized carbons (Fsp3) is 0.368. The standard InChI is InChI=1S/C19H23N5O2/c1-13-15(6-7-16(22-13)19(26)23(2)3)18(25)24-10-9-21-12-17(24)14-5-4-8-20-11-14/h4-8,11,17,21H,9-10,12H2,1-3H3. The molecule has 1 atom stereocenters. The largest absolute Gasteiger partial charge is 0.343 e. The molecule has 0 bridgehead atoms. The highest BCUT2D eigenvalue weighted by Gasteiger charge is 2.30. The molecule has 1 saturated heterocycles. The van der Waals surface area contributed by atoms with Crippen LogP contribution in [-0.2, 0) is 0 Å². The second-order valence-corrected chi connectivity index (χ2v) is 6.53. The second-order valence-electron chi connectivity index (χ2n) is 6.53. The summed E-state index contributed by atoms with van der Waals surface area (Å²) in [6, 6.07) is 7.09. The van der Waals surface area contributed by atoms with Gasteiger partial charge < -0.3 is 15.1 Å². The van der Waals surface area contributed by atoms with Crippen molar-refractivity contribution >= 4 is 11.8 Å². The van der Waals surface area contributed by atoms with Crippen molar-refractivity contribution in [2.75, 3.05) is 33.7 Å². The van der Waals surface area contributed by atoms with Crippen LogP contribution in [0.5, 0.6) is 0 Å². The summed E-state index contributed by atoms with van der Waals surface area (Å²) in [6.07, 6.45) is 3.52. The lowest BCUT2D eigenvalue weighted by molar-refractivity contribution is 0.0631. The van der Waals surface area contributed by atoms with E-state index in [0.717, 1.165) is 12.1 Å². The Kier molecular flexibility index (Phi) is 5.27. The van der Waals surface area contributed by atoms with E-state index in [1.807, 2.05) is 17.0 Å². The van der Waals surface area contributed by atoms with Crippen LogP contribution in [0.2, 0.25) is 0 Å².